The molecule has 1 N–H and O–H groups in total. The van der Waals surface area contributed by atoms with E-state index in [1.807, 2.05) is 30.3 Å². The van der Waals surface area contributed by atoms with Gasteiger partial charge in [0.15, 0.2) is 0 Å². The average Bonchev–Trinajstić information content (AvgIpc) is 2.36. The molecule has 0 unspecified atom stereocenters. The van der Waals surface area contributed by atoms with E-state index in [1.165, 1.54) is 11.9 Å². The van der Waals surface area contributed by atoms with E-state index in [0.717, 1.165) is 10.8 Å². The summed E-state index contributed by atoms with van der Waals surface area (Å²) in [6.07, 6.45) is 0. The molecule has 1 amide bonds. The third kappa shape index (κ3) is 2.32. The van der Waals surface area contributed by atoms with Gasteiger partial charge in [0.1, 0.15) is 6.54 Å². The molecule has 4 nitrogen and oxygen atoms in total. The van der Waals surface area contributed by atoms with Gasteiger partial charge in [-0.2, -0.15) is 0 Å². The molecule has 2 aromatic carbocycles. The summed E-state index contributed by atoms with van der Waals surface area (Å²) in [5, 5.41) is 10.5. The van der Waals surface area contributed by atoms with Crippen LogP contribution in [0.25, 0.3) is 10.8 Å². The zero-order chi connectivity index (χ0) is 13.1. The monoisotopic (exact) mass is 243 g/mol. The van der Waals surface area contributed by atoms with Gasteiger partial charge in [0.2, 0.25) is 0 Å². The fraction of sp³-hybridized carbons (Fsp3) is 0.143. The molecule has 0 spiro atoms. The van der Waals surface area contributed by atoms with E-state index in [1.54, 1.807) is 12.1 Å². The molecule has 2 rings (SSSR count). The van der Waals surface area contributed by atoms with Crippen LogP contribution in [0, 0.1) is 0 Å². The standard InChI is InChI=1S/C14H13NO3/c1-15(9-13(16)17)14(18)12-8-4-6-10-5-2-3-7-11(10)12/h2-8H,9H2,1H3,(H,16,17). The Morgan fingerprint density at radius 2 is 1.78 bits per heavy atom. The minimum atomic E-state index is -1.02. The van der Waals surface area contributed by atoms with Crippen LogP contribution in [-0.2, 0) is 4.79 Å². The predicted octanol–water partition coefficient (Wildman–Crippen LogP) is 2.00. The van der Waals surface area contributed by atoms with Gasteiger partial charge in [0, 0.05) is 12.6 Å². The number of carbonyl (C=O) groups excluding carboxylic acids is 1. The van der Waals surface area contributed by atoms with Crippen molar-refractivity contribution in [3.05, 3.63) is 48.0 Å². The summed E-state index contributed by atoms with van der Waals surface area (Å²) in [6.45, 7) is -0.304. The molecule has 0 bridgehead atoms. The second kappa shape index (κ2) is 4.87. The van der Waals surface area contributed by atoms with Crippen molar-refractivity contribution in [1.82, 2.24) is 4.90 Å². The summed E-state index contributed by atoms with van der Waals surface area (Å²) in [6, 6.07) is 13.0. The first-order chi connectivity index (χ1) is 8.59. The smallest absolute Gasteiger partial charge is 0.323 e. The molecule has 0 saturated heterocycles. The maximum Gasteiger partial charge on any atom is 0.323 e. The molecular weight excluding hydrogens is 230 g/mol. The number of hydrogen-bond acceptors (Lipinski definition) is 2. The average molecular weight is 243 g/mol. The predicted molar refractivity (Wildman–Crippen MR) is 68.5 cm³/mol. The van der Waals surface area contributed by atoms with E-state index >= 15 is 0 Å². The summed E-state index contributed by atoms with van der Waals surface area (Å²) in [5.74, 6) is -1.31. The van der Waals surface area contributed by atoms with Gasteiger partial charge in [0.25, 0.3) is 5.91 Å². The molecule has 0 saturated carbocycles. The van der Waals surface area contributed by atoms with Crippen LogP contribution in [0.2, 0.25) is 0 Å². The number of aliphatic carboxylic acids is 1. The number of nitrogens with zero attached hydrogens (tertiary/aromatic N) is 1. The third-order valence-corrected chi connectivity index (χ3v) is 2.74. The summed E-state index contributed by atoms with van der Waals surface area (Å²) in [5.41, 5.74) is 0.525. The van der Waals surface area contributed by atoms with Crippen molar-refractivity contribution in [2.24, 2.45) is 0 Å². The number of amides is 1. The first-order valence-corrected chi connectivity index (χ1v) is 5.54. The van der Waals surface area contributed by atoms with Crippen molar-refractivity contribution < 1.29 is 14.7 Å². The van der Waals surface area contributed by atoms with Crippen molar-refractivity contribution >= 4 is 22.6 Å². The molecule has 2 aromatic rings. The van der Waals surface area contributed by atoms with Gasteiger partial charge in [-0.05, 0) is 16.8 Å². The molecule has 0 aliphatic carbocycles. The molecule has 18 heavy (non-hydrogen) atoms. The fourth-order valence-electron chi connectivity index (χ4n) is 1.89. The van der Waals surface area contributed by atoms with Crippen molar-refractivity contribution in [2.75, 3.05) is 13.6 Å². The highest BCUT2D eigenvalue weighted by Crippen LogP contribution is 2.19. The van der Waals surface area contributed by atoms with Crippen molar-refractivity contribution in [3.8, 4) is 0 Å². The van der Waals surface area contributed by atoms with Gasteiger partial charge in [-0.15, -0.1) is 0 Å². The van der Waals surface area contributed by atoms with Crippen LogP contribution in [0.1, 0.15) is 10.4 Å². The van der Waals surface area contributed by atoms with Crippen molar-refractivity contribution in [3.63, 3.8) is 0 Å². The molecular formula is C14H13NO3. The number of carbonyl (C=O) groups is 2. The molecule has 0 aliphatic rings. The van der Waals surface area contributed by atoms with Crippen LogP contribution < -0.4 is 0 Å². The molecule has 0 aliphatic heterocycles. The zero-order valence-electron chi connectivity index (χ0n) is 9.96. The Balaban J connectivity index is 2.42. The Hall–Kier alpha value is -2.36. The van der Waals surface area contributed by atoms with Gasteiger partial charge < -0.3 is 10.0 Å². The maximum atomic E-state index is 12.2. The highest BCUT2D eigenvalue weighted by atomic mass is 16.4. The highest BCUT2D eigenvalue weighted by molar-refractivity contribution is 6.07. The zero-order valence-corrected chi connectivity index (χ0v) is 9.96. The number of fused-ring (bicyclic) bond motifs is 1. The Morgan fingerprint density at radius 1 is 1.11 bits per heavy atom. The molecule has 4 heteroatoms. The lowest BCUT2D eigenvalue weighted by Gasteiger charge is -2.15. The topological polar surface area (TPSA) is 57.6 Å². The number of carboxylic acids is 1. The second-order valence-electron chi connectivity index (χ2n) is 4.08. The van der Waals surface area contributed by atoms with Crippen LogP contribution in [-0.4, -0.2) is 35.5 Å². The Labute approximate surface area is 104 Å². The SMILES string of the molecule is CN(CC(=O)O)C(=O)c1cccc2ccccc12. The minimum Gasteiger partial charge on any atom is -0.480 e. The number of benzene rings is 2. The molecule has 0 atom stereocenters. The Kier molecular flexibility index (Phi) is 3.28. The van der Waals surface area contributed by atoms with Gasteiger partial charge in [-0.1, -0.05) is 36.4 Å². The summed E-state index contributed by atoms with van der Waals surface area (Å²) < 4.78 is 0. The third-order valence-electron chi connectivity index (χ3n) is 2.74. The van der Waals surface area contributed by atoms with Crippen LogP contribution in [0.5, 0.6) is 0 Å². The molecule has 0 fully saturated rings. The summed E-state index contributed by atoms with van der Waals surface area (Å²) in [4.78, 5) is 24.0. The quantitative estimate of drug-likeness (QED) is 0.897. The van der Waals surface area contributed by atoms with Crippen LogP contribution in [0.3, 0.4) is 0 Å². The Morgan fingerprint density at radius 3 is 2.50 bits per heavy atom. The number of rotatable bonds is 3. The van der Waals surface area contributed by atoms with Crippen LogP contribution in [0.15, 0.2) is 42.5 Å². The van der Waals surface area contributed by atoms with E-state index in [4.69, 9.17) is 5.11 Å². The van der Waals surface area contributed by atoms with Gasteiger partial charge in [-0.3, -0.25) is 9.59 Å². The highest BCUT2D eigenvalue weighted by Gasteiger charge is 2.16. The number of carboxylic acid groups (broad SMARTS) is 1. The normalized spacial score (nSPS) is 10.3. The van der Waals surface area contributed by atoms with E-state index in [-0.39, 0.29) is 12.5 Å². The van der Waals surface area contributed by atoms with Crippen LogP contribution >= 0.6 is 0 Å². The largest absolute Gasteiger partial charge is 0.480 e. The van der Waals surface area contributed by atoms with E-state index in [0.29, 0.717) is 5.56 Å². The van der Waals surface area contributed by atoms with Gasteiger partial charge >= 0.3 is 5.97 Å². The van der Waals surface area contributed by atoms with Crippen molar-refractivity contribution in [1.29, 1.82) is 0 Å². The van der Waals surface area contributed by atoms with Crippen molar-refractivity contribution in [2.45, 2.75) is 0 Å². The maximum absolute atomic E-state index is 12.2. The van der Waals surface area contributed by atoms with Crippen LogP contribution in [0.4, 0.5) is 0 Å². The Bertz CT molecular complexity index is 602. The summed E-state index contributed by atoms with van der Waals surface area (Å²) >= 11 is 0. The van der Waals surface area contributed by atoms with E-state index < -0.39 is 5.97 Å². The van der Waals surface area contributed by atoms with E-state index in [2.05, 4.69) is 0 Å². The van der Waals surface area contributed by atoms with Gasteiger partial charge in [0.05, 0.1) is 0 Å². The lowest BCUT2D eigenvalue weighted by molar-refractivity contribution is -0.137. The fourth-order valence-corrected chi connectivity index (χ4v) is 1.89. The first kappa shape index (κ1) is 12.1. The first-order valence-electron chi connectivity index (χ1n) is 5.54. The number of likely N-dealkylation sites (N-methyl/N-ethyl adjacent to an activating group) is 1. The lowest BCUT2D eigenvalue weighted by atomic mass is 10.0. The molecule has 0 aromatic heterocycles. The summed E-state index contributed by atoms with van der Waals surface area (Å²) in [7, 11) is 1.48. The molecule has 92 valence electrons. The van der Waals surface area contributed by atoms with E-state index in [9.17, 15) is 9.59 Å². The molecule has 0 radical (unpaired) electrons. The van der Waals surface area contributed by atoms with Gasteiger partial charge in [-0.25, -0.2) is 0 Å². The lowest BCUT2D eigenvalue weighted by Crippen LogP contribution is -2.32. The number of hydrogen-bond donors (Lipinski definition) is 1. The molecule has 0 heterocycles. The minimum absolute atomic E-state index is 0.283. The second-order valence-corrected chi connectivity index (χ2v) is 4.08.